The Hall–Kier alpha value is -2.49. The molecule has 0 unspecified atom stereocenters. The normalized spacial score (nSPS) is 10.7. The molecule has 3 rings (SSSR count). The first-order valence-electron chi connectivity index (χ1n) is 5.65. The van der Waals surface area contributed by atoms with Crippen molar-refractivity contribution in [3.05, 3.63) is 53.2 Å². The minimum Gasteiger partial charge on any atom is -0.361 e. The van der Waals surface area contributed by atoms with Crippen LogP contribution in [0.5, 0.6) is 0 Å². The highest BCUT2D eigenvalue weighted by Crippen LogP contribution is 2.27. The van der Waals surface area contributed by atoms with Gasteiger partial charge in [0.25, 0.3) is 0 Å². The number of hydrogen-bond acceptors (Lipinski definition) is 3. The second kappa shape index (κ2) is 4.07. The Kier molecular flexibility index (Phi) is 2.41. The van der Waals surface area contributed by atoms with E-state index in [2.05, 4.69) is 15.1 Å². The van der Waals surface area contributed by atoms with Gasteiger partial charge in [0.2, 0.25) is 0 Å². The zero-order valence-electron chi connectivity index (χ0n) is 9.84. The highest BCUT2D eigenvalue weighted by Gasteiger charge is 2.06. The molecule has 1 N–H and O–H groups in total. The van der Waals surface area contributed by atoms with Crippen LogP contribution in [0.3, 0.4) is 0 Å². The molecular weight excluding hydrogens is 226 g/mol. The molecular formula is C14H11N3O. The lowest BCUT2D eigenvalue weighted by Crippen LogP contribution is -1.87. The molecule has 18 heavy (non-hydrogen) atoms. The van der Waals surface area contributed by atoms with Crippen molar-refractivity contribution >= 4 is 16.6 Å². The molecule has 4 nitrogen and oxygen atoms in total. The first-order chi connectivity index (χ1) is 8.78. The van der Waals surface area contributed by atoms with Gasteiger partial charge in [-0.2, -0.15) is 0 Å². The highest BCUT2D eigenvalue weighted by atomic mass is 16.3. The summed E-state index contributed by atoms with van der Waals surface area (Å²) >= 11 is 0. The molecule has 2 aromatic heterocycles. The Morgan fingerprint density at radius 1 is 1.22 bits per heavy atom. The standard InChI is InChI=1S/C14H11N3O/c1-9-2-3-11(17-18)6-12(9)14-7-13-10(8-16-14)4-5-15-13/h2-8,15H,1H3. The van der Waals surface area contributed by atoms with E-state index >= 15 is 0 Å². The first-order valence-corrected chi connectivity index (χ1v) is 5.65. The third-order valence-electron chi connectivity index (χ3n) is 3.04. The fraction of sp³-hybridized carbons (Fsp3) is 0.0714. The van der Waals surface area contributed by atoms with Gasteiger partial charge in [0.15, 0.2) is 0 Å². The van der Waals surface area contributed by atoms with E-state index < -0.39 is 0 Å². The lowest BCUT2D eigenvalue weighted by molar-refractivity contribution is 1.32. The smallest absolute Gasteiger partial charge is 0.108 e. The van der Waals surface area contributed by atoms with Gasteiger partial charge in [-0.3, -0.25) is 4.98 Å². The molecule has 3 aromatic rings. The second-order valence-electron chi connectivity index (χ2n) is 4.22. The quantitative estimate of drug-likeness (QED) is 0.686. The molecule has 0 saturated carbocycles. The number of nitrogens with zero attached hydrogens (tertiary/aromatic N) is 2. The zero-order chi connectivity index (χ0) is 12.5. The summed E-state index contributed by atoms with van der Waals surface area (Å²) in [4.78, 5) is 18.2. The highest BCUT2D eigenvalue weighted by molar-refractivity contribution is 5.83. The summed E-state index contributed by atoms with van der Waals surface area (Å²) in [6.45, 7) is 1.99. The van der Waals surface area contributed by atoms with Crippen molar-refractivity contribution in [3.63, 3.8) is 0 Å². The molecule has 0 amide bonds. The molecule has 0 spiro atoms. The van der Waals surface area contributed by atoms with Crippen molar-refractivity contribution in [2.24, 2.45) is 5.18 Å². The molecule has 4 heteroatoms. The van der Waals surface area contributed by atoms with Crippen LogP contribution in [0.2, 0.25) is 0 Å². The predicted octanol–water partition coefficient (Wildman–Crippen LogP) is 3.94. The molecule has 1 aromatic carbocycles. The third kappa shape index (κ3) is 1.68. The number of rotatable bonds is 2. The summed E-state index contributed by atoms with van der Waals surface area (Å²) in [5.74, 6) is 0. The first kappa shape index (κ1) is 10.7. The van der Waals surface area contributed by atoms with Crippen LogP contribution in [0.25, 0.3) is 22.2 Å². The second-order valence-corrected chi connectivity index (χ2v) is 4.22. The van der Waals surface area contributed by atoms with Crippen LogP contribution >= 0.6 is 0 Å². The lowest BCUT2D eigenvalue weighted by atomic mass is 10.0. The van der Waals surface area contributed by atoms with Crippen LogP contribution in [-0.4, -0.2) is 9.97 Å². The van der Waals surface area contributed by atoms with Gasteiger partial charge in [0.05, 0.1) is 5.69 Å². The van der Waals surface area contributed by atoms with E-state index in [9.17, 15) is 4.91 Å². The topological polar surface area (TPSA) is 58.1 Å². The number of H-pyrrole nitrogens is 1. The number of aryl methyl sites for hydroxylation is 1. The average molecular weight is 237 g/mol. The number of aromatic nitrogens is 2. The largest absolute Gasteiger partial charge is 0.361 e. The van der Waals surface area contributed by atoms with Crippen LogP contribution in [0.15, 0.2) is 47.9 Å². The number of fused-ring (bicyclic) bond motifs is 1. The summed E-state index contributed by atoms with van der Waals surface area (Å²) in [6, 6.07) is 9.31. The Labute approximate surface area is 104 Å². The Bertz CT molecular complexity index is 731. The number of hydrogen-bond donors (Lipinski definition) is 1. The van der Waals surface area contributed by atoms with Gasteiger partial charge < -0.3 is 4.98 Å². The number of aromatic amines is 1. The monoisotopic (exact) mass is 237 g/mol. The fourth-order valence-corrected chi connectivity index (χ4v) is 2.04. The van der Waals surface area contributed by atoms with E-state index in [1.54, 1.807) is 12.1 Å². The summed E-state index contributed by atoms with van der Waals surface area (Å²) in [6.07, 6.45) is 3.70. The van der Waals surface area contributed by atoms with E-state index in [1.807, 2.05) is 37.5 Å². The number of pyridine rings is 1. The molecule has 0 bridgehead atoms. The van der Waals surface area contributed by atoms with Crippen LogP contribution in [0, 0.1) is 11.8 Å². The van der Waals surface area contributed by atoms with Gasteiger partial charge in [0.1, 0.15) is 5.69 Å². The van der Waals surface area contributed by atoms with Gasteiger partial charge in [0, 0.05) is 28.9 Å². The number of nitrogens with one attached hydrogen (secondary N) is 1. The minimum absolute atomic E-state index is 0.420. The molecule has 0 aliphatic carbocycles. The SMILES string of the molecule is Cc1ccc(N=O)cc1-c1cc2[nH]ccc2cn1. The van der Waals surface area contributed by atoms with E-state index in [0.29, 0.717) is 5.69 Å². The Morgan fingerprint density at radius 3 is 2.94 bits per heavy atom. The molecule has 0 aliphatic rings. The molecule has 0 saturated heterocycles. The average Bonchev–Trinajstić information content (AvgIpc) is 2.86. The lowest BCUT2D eigenvalue weighted by Gasteiger charge is -2.05. The van der Waals surface area contributed by atoms with Crippen molar-refractivity contribution in [2.45, 2.75) is 6.92 Å². The summed E-state index contributed by atoms with van der Waals surface area (Å²) in [5, 5.41) is 4.04. The van der Waals surface area contributed by atoms with E-state index in [1.165, 1.54) is 0 Å². The zero-order valence-corrected chi connectivity index (χ0v) is 9.84. The Balaban J connectivity index is 2.21. The maximum Gasteiger partial charge on any atom is 0.108 e. The summed E-state index contributed by atoms with van der Waals surface area (Å²) < 4.78 is 0. The van der Waals surface area contributed by atoms with Gasteiger partial charge in [-0.25, -0.2) is 0 Å². The van der Waals surface area contributed by atoms with Gasteiger partial charge in [-0.05, 0) is 41.9 Å². The van der Waals surface area contributed by atoms with Gasteiger partial charge in [-0.15, -0.1) is 4.91 Å². The van der Waals surface area contributed by atoms with Crippen LogP contribution < -0.4 is 0 Å². The summed E-state index contributed by atoms with van der Waals surface area (Å²) in [7, 11) is 0. The third-order valence-corrected chi connectivity index (χ3v) is 3.04. The van der Waals surface area contributed by atoms with Gasteiger partial charge in [-0.1, -0.05) is 6.07 Å². The predicted molar refractivity (Wildman–Crippen MR) is 71.7 cm³/mol. The van der Waals surface area contributed by atoms with E-state index in [-0.39, 0.29) is 0 Å². The van der Waals surface area contributed by atoms with Crippen molar-refractivity contribution in [2.75, 3.05) is 0 Å². The maximum atomic E-state index is 10.6. The molecule has 0 atom stereocenters. The molecule has 0 fully saturated rings. The van der Waals surface area contributed by atoms with E-state index in [4.69, 9.17) is 0 Å². The summed E-state index contributed by atoms with van der Waals surface area (Å²) in [5.41, 5.74) is 4.30. The Morgan fingerprint density at radius 2 is 2.11 bits per heavy atom. The van der Waals surface area contributed by atoms with Crippen LogP contribution in [0.1, 0.15) is 5.56 Å². The molecule has 88 valence electrons. The molecule has 0 aliphatic heterocycles. The van der Waals surface area contributed by atoms with Crippen molar-refractivity contribution in [1.29, 1.82) is 0 Å². The number of nitroso groups, excluding NO2 is 1. The minimum atomic E-state index is 0.420. The fourth-order valence-electron chi connectivity index (χ4n) is 2.04. The van der Waals surface area contributed by atoms with Crippen molar-refractivity contribution < 1.29 is 0 Å². The van der Waals surface area contributed by atoms with Gasteiger partial charge >= 0.3 is 0 Å². The molecule has 2 heterocycles. The van der Waals surface area contributed by atoms with Crippen LogP contribution in [0.4, 0.5) is 5.69 Å². The molecule has 0 radical (unpaired) electrons. The van der Waals surface area contributed by atoms with E-state index in [0.717, 1.165) is 27.7 Å². The van der Waals surface area contributed by atoms with Crippen LogP contribution in [-0.2, 0) is 0 Å². The maximum absolute atomic E-state index is 10.6. The van der Waals surface area contributed by atoms with Crippen molar-refractivity contribution in [1.82, 2.24) is 9.97 Å². The number of benzene rings is 1. The van der Waals surface area contributed by atoms with Crippen molar-refractivity contribution in [3.8, 4) is 11.3 Å².